The van der Waals surface area contributed by atoms with E-state index in [9.17, 15) is 4.79 Å². The lowest BCUT2D eigenvalue weighted by molar-refractivity contribution is 0.0255. The molecule has 20 heavy (non-hydrogen) atoms. The van der Waals surface area contributed by atoms with Crippen LogP contribution in [0.5, 0.6) is 5.75 Å². The van der Waals surface area contributed by atoms with Crippen molar-refractivity contribution in [2.45, 2.75) is 31.8 Å². The van der Waals surface area contributed by atoms with Gasteiger partial charge in [-0.2, -0.15) is 0 Å². The number of rotatable bonds is 5. The molecule has 4 heteroatoms. The van der Waals surface area contributed by atoms with E-state index in [0.717, 1.165) is 31.8 Å². The molecular weight excluding hydrogens is 256 g/mol. The van der Waals surface area contributed by atoms with Gasteiger partial charge in [0.2, 0.25) is 0 Å². The van der Waals surface area contributed by atoms with Gasteiger partial charge in [0.1, 0.15) is 11.9 Å². The summed E-state index contributed by atoms with van der Waals surface area (Å²) in [6.45, 7) is 2.08. The van der Waals surface area contributed by atoms with Crippen LogP contribution in [-0.4, -0.2) is 31.9 Å². The molecule has 1 saturated carbocycles. The Morgan fingerprint density at radius 3 is 2.45 bits per heavy atom. The molecule has 108 valence electrons. The van der Waals surface area contributed by atoms with Gasteiger partial charge in [0.25, 0.3) is 0 Å². The standard InChI is InChI=1S/C16H20O4/c17-16(19-11-12-1-2-12)13-3-5-14(6-4-13)20-15-7-9-18-10-8-15/h3-6,12,15H,1-2,7-11H2. The van der Waals surface area contributed by atoms with E-state index < -0.39 is 0 Å². The van der Waals surface area contributed by atoms with Crippen LogP contribution in [0.1, 0.15) is 36.0 Å². The van der Waals surface area contributed by atoms with Crippen molar-refractivity contribution in [3.8, 4) is 5.75 Å². The van der Waals surface area contributed by atoms with Crippen LogP contribution in [0.25, 0.3) is 0 Å². The van der Waals surface area contributed by atoms with Gasteiger partial charge in [-0.15, -0.1) is 0 Å². The molecular formula is C16H20O4. The summed E-state index contributed by atoms with van der Waals surface area (Å²) >= 11 is 0. The summed E-state index contributed by atoms with van der Waals surface area (Å²) in [5.74, 6) is 1.15. The van der Waals surface area contributed by atoms with Crippen LogP contribution in [-0.2, 0) is 9.47 Å². The van der Waals surface area contributed by atoms with Gasteiger partial charge in [0.15, 0.2) is 0 Å². The maximum absolute atomic E-state index is 11.8. The van der Waals surface area contributed by atoms with E-state index in [4.69, 9.17) is 14.2 Å². The third-order valence-corrected chi connectivity index (χ3v) is 3.71. The number of esters is 1. The third-order valence-electron chi connectivity index (χ3n) is 3.71. The maximum Gasteiger partial charge on any atom is 0.338 e. The van der Waals surface area contributed by atoms with Crippen LogP contribution in [0.2, 0.25) is 0 Å². The number of hydrogen-bond acceptors (Lipinski definition) is 4. The van der Waals surface area contributed by atoms with Crippen molar-refractivity contribution >= 4 is 5.97 Å². The fraction of sp³-hybridized carbons (Fsp3) is 0.562. The molecule has 0 spiro atoms. The van der Waals surface area contributed by atoms with E-state index in [1.807, 2.05) is 12.1 Å². The second-order valence-electron chi connectivity index (χ2n) is 5.50. The fourth-order valence-corrected chi connectivity index (χ4v) is 2.22. The molecule has 1 aliphatic carbocycles. The van der Waals surface area contributed by atoms with E-state index in [0.29, 0.717) is 18.1 Å². The van der Waals surface area contributed by atoms with Gasteiger partial charge in [-0.05, 0) is 43.0 Å². The van der Waals surface area contributed by atoms with Crippen molar-refractivity contribution in [1.82, 2.24) is 0 Å². The zero-order valence-electron chi connectivity index (χ0n) is 11.5. The van der Waals surface area contributed by atoms with E-state index >= 15 is 0 Å². The Labute approximate surface area is 119 Å². The van der Waals surface area contributed by atoms with Gasteiger partial charge in [0, 0.05) is 12.8 Å². The molecule has 0 atom stereocenters. The smallest absolute Gasteiger partial charge is 0.338 e. The predicted molar refractivity (Wildman–Crippen MR) is 73.9 cm³/mol. The van der Waals surface area contributed by atoms with E-state index in [1.54, 1.807) is 12.1 Å². The van der Waals surface area contributed by atoms with Crippen LogP contribution in [0.3, 0.4) is 0 Å². The Balaban J connectivity index is 1.51. The zero-order valence-corrected chi connectivity index (χ0v) is 11.5. The molecule has 2 aliphatic rings. The molecule has 0 bridgehead atoms. The zero-order chi connectivity index (χ0) is 13.8. The van der Waals surface area contributed by atoms with Crippen molar-refractivity contribution in [2.75, 3.05) is 19.8 Å². The van der Waals surface area contributed by atoms with Crippen molar-refractivity contribution < 1.29 is 19.0 Å². The molecule has 1 aliphatic heterocycles. The van der Waals surface area contributed by atoms with Crippen molar-refractivity contribution in [3.63, 3.8) is 0 Å². The molecule has 0 aromatic heterocycles. The Kier molecular flexibility index (Phi) is 4.21. The first-order valence-corrected chi connectivity index (χ1v) is 7.33. The Hall–Kier alpha value is -1.55. The predicted octanol–water partition coefficient (Wildman–Crippen LogP) is 2.81. The molecule has 0 amide bonds. The summed E-state index contributed by atoms with van der Waals surface area (Å²) in [6.07, 6.45) is 4.43. The lowest BCUT2D eigenvalue weighted by Crippen LogP contribution is -2.25. The fourth-order valence-electron chi connectivity index (χ4n) is 2.22. The normalized spacial score (nSPS) is 19.6. The number of hydrogen-bond donors (Lipinski definition) is 0. The highest BCUT2D eigenvalue weighted by Crippen LogP contribution is 2.29. The number of benzene rings is 1. The molecule has 0 N–H and O–H groups in total. The highest BCUT2D eigenvalue weighted by molar-refractivity contribution is 5.89. The van der Waals surface area contributed by atoms with Gasteiger partial charge in [0.05, 0.1) is 25.4 Å². The lowest BCUT2D eigenvalue weighted by Gasteiger charge is -2.23. The maximum atomic E-state index is 11.8. The largest absolute Gasteiger partial charge is 0.490 e. The minimum absolute atomic E-state index is 0.219. The first-order chi connectivity index (χ1) is 9.81. The van der Waals surface area contributed by atoms with Crippen molar-refractivity contribution in [3.05, 3.63) is 29.8 Å². The summed E-state index contributed by atoms with van der Waals surface area (Å²) < 4.78 is 16.4. The monoisotopic (exact) mass is 276 g/mol. The van der Waals surface area contributed by atoms with Gasteiger partial charge < -0.3 is 14.2 Å². The summed E-state index contributed by atoms with van der Waals surface area (Å²) in [7, 11) is 0. The van der Waals surface area contributed by atoms with Crippen LogP contribution in [0.15, 0.2) is 24.3 Å². The molecule has 4 nitrogen and oxygen atoms in total. The minimum Gasteiger partial charge on any atom is -0.490 e. The van der Waals surface area contributed by atoms with Gasteiger partial charge in [-0.1, -0.05) is 0 Å². The molecule has 2 fully saturated rings. The second-order valence-corrected chi connectivity index (χ2v) is 5.50. The van der Waals surface area contributed by atoms with Gasteiger partial charge in [-0.25, -0.2) is 4.79 Å². The first-order valence-electron chi connectivity index (χ1n) is 7.33. The van der Waals surface area contributed by atoms with E-state index in [-0.39, 0.29) is 12.1 Å². The quantitative estimate of drug-likeness (QED) is 0.776. The first kappa shape index (κ1) is 13.4. The SMILES string of the molecule is O=C(OCC1CC1)c1ccc(OC2CCOCC2)cc1. The Morgan fingerprint density at radius 2 is 1.80 bits per heavy atom. The van der Waals surface area contributed by atoms with Crippen LogP contribution in [0.4, 0.5) is 0 Å². The Morgan fingerprint density at radius 1 is 1.10 bits per heavy atom. The number of carbonyl (C=O) groups is 1. The topological polar surface area (TPSA) is 44.8 Å². The van der Waals surface area contributed by atoms with Gasteiger partial charge >= 0.3 is 5.97 Å². The molecule has 1 saturated heterocycles. The van der Waals surface area contributed by atoms with Crippen molar-refractivity contribution in [1.29, 1.82) is 0 Å². The lowest BCUT2D eigenvalue weighted by atomic mass is 10.1. The Bertz CT molecular complexity index is 444. The molecule has 3 rings (SSSR count). The molecule has 0 unspecified atom stereocenters. The van der Waals surface area contributed by atoms with E-state index in [1.165, 1.54) is 12.8 Å². The van der Waals surface area contributed by atoms with Crippen LogP contribution in [0, 0.1) is 5.92 Å². The van der Waals surface area contributed by atoms with Crippen LogP contribution >= 0.6 is 0 Å². The minimum atomic E-state index is -0.241. The van der Waals surface area contributed by atoms with Gasteiger partial charge in [-0.3, -0.25) is 0 Å². The average Bonchev–Trinajstić information content (AvgIpc) is 3.31. The second kappa shape index (κ2) is 6.27. The highest BCUT2D eigenvalue weighted by Gasteiger charge is 2.23. The summed E-state index contributed by atoms with van der Waals surface area (Å²) in [6, 6.07) is 7.21. The number of carbonyl (C=O) groups excluding carboxylic acids is 1. The summed E-state index contributed by atoms with van der Waals surface area (Å²) in [4.78, 5) is 11.8. The molecule has 1 aromatic rings. The van der Waals surface area contributed by atoms with Crippen LogP contribution < -0.4 is 4.74 Å². The number of ether oxygens (including phenoxy) is 3. The molecule has 1 aromatic carbocycles. The average molecular weight is 276 g/mol. The van der Waals surface area contributed by atoms with Crippen molar-refractivity contribution in [2.24, 2.45) is 5.92 Å². The molecule has 0 radical (unpaired) electrons. The molecule has 1 heterocycles. The summed E-state index contributed by atoms with van der Waals surface area (Å²) in [5, 5.41) is 0. The highest BCUT2D eigenvalue weighted by atomic mass is 16.5. The summed E-state index contributed by atoms with van der Waals surface area (Å²) in [5.41, 5.74) is 0.588. The van der Waals surface area contributed by atoms with E-state index in [2.05, 4.69) is 0 Å². The third kappa shape index (κ3) is 3.73.